The van der Waals surface area contributed by atoms with E-state index in [1.807, 2.05) is 6.08 Å². The molecule has 1 aliphatic heterocycles. The Balaban J connectivity index is 1.92. The molecule has 1 aromatic rings. The Morgan fingerprint density at radius 1 is 1.40 bits per heavy atom. The number of hydrogen-bond acceptors (Lipinski definition) is 2. The molecule has 2 rings (SSSR count). The predicted octanol–water partition coefficient (Wildman–Crippen LogP) is 2.81. The number of anilines is 1. The van der Waals surface area contributed by atoms with Crippen molar-refractivity contribution in [2.75, 3.05) is 38.0 Å². The summed E-state index contributed by atoms with van der Waals surface area (Å²) in [6.07, 6.45) is 1.85. The lowest BCUT2D eigenvalue weighted by Crippen LogP contribution is -2.49. The van der Waals surface area contributed by atoms with Gasteiger partial charge < -0.3 is 10.2 Å². The van der Waals surface area contributed by atoms with Gasteiger partial charge in [0, 0.05) is 32.7 Å². The van der Waals surface area contributed by atoms with Gasteiger partial charge in [0.15, 0.2) is 0 Å². The summed E-state index contributed by atoms with van der Waals surface area (Å²) in [4.78, 5) is 16.0. The van der Waals surface area contributed by atoms with Crippen molar-refractivity contribution in [3.05, 3.63) is 41.7 Å². The lowest BCUT2D eigenvalue weighted by molar-refractivity contribution is 0.156. The van der Waals surface area contributed by atoms with E-state index in [2.05, 4.69) is 16.8 Å². The van der Waals surface area contributed by atoms with E-state index in [0.29, 0.717) is 23.8 Å². The van der Waals surface area contributed by atoms with E-state index < -0.39 is 5.82 Å². The number of benzene rings is 1. The second-order valence-electron chi connectivity index (χ2n) is 4.63. The van der Waals surface area contributed by atoms with Gasteiger partial charge in [-0.25, -0.2) is 9.18 Å². The molecule has 1 aliphatic rings. The van der Waals surface area contributed by atoms with Crippen LogP contribution in [0, 0.1) is 5.82 Å². The highest BCUT2D eigenvalue weighted by atomic mass is 35.5. The molecule has 0 unspecified atom stereocenters. The fourth-order valence-electron chi connectivity index (χ4n) is 2.10. The highest BCUT2D eigenvalue weighted by Crippen LogP contribution is 2.22. The van der Waals surface area contributed by atoms with Gasteiger partial charge in [0.1, 0.15) is 5.82 Å². The number of piperazine rings is 1. The van der Waals surface area contributed by atoms with Crippen LogP contribution in [0.4, 0.5) is 14.9 Å². The van der Waals surface area contributed by atoms with Gasteiger partial charge in [-0.05, 0) is 18.2 Å². The molecule has 1 fully saturated rings. The van der Waals surface area contributed by atoms with Crippen molar-refractivity contribution in [3.8, 4) is 0 Å². The van der Waals surface area contributed by atoms with E-state index in [0.717, 1.165) is 19.6 Å². The minimum Gasteiger partial charge on any atom is -0.322 e. The first kappa shape index (κ1) is 14.8. The molecule has 6 heteroatoms. The second-order valence-corrected chi connectivity index (χ2v) is 5.04. The average Bonchev–Trinajstić information content (AvgIpc) is 2.44. The van der Waals surface area contributed by atoms with Gasteiger partial charge in [0.25, 0.3) is 0 Å². The van der Waals surface area contributed by atoms with Gasteiger partial charge in [0.2, 0.25) is 0 Å². The van der Waals surface area contributed by atoms with Crippen molar-refractivity contribution in [2.45, 2.75) is 0 Å². The number of nitrogens with one attached hydrogen (secondary N) is 1. The maximum atomic E-state index is 13.1. The maximum Gasteiger partial charge on any atom is 0.321 e. The van der Waals surface area contributed by atoms with E-state index in [-0.39, 0.29) is 6.03 Å². The lowest BCUT2D eigenvalue weighted by Gasteiger charge is -2.34. The number of amides is 2. The number of nitrogens with zero attached hydrogens (tertiary/aromatic N) is 2. The zero-order valence-corrected chi connectivity index (χ0v) is 11.9. The van der Waals surface area contributed by atoms with Crippen LogP contribution in [-0.2, 0) is 0 Å². The molecule has 20 heavy (non-hydrogen) atoms. The summed E-state index contributed by atoms with van der Waals surface area (Å²) >= 11 is 5.92. The Bertz CT molecular complexity index is 501. The highest BCUT2D eigenvalue weighted by Gasteiger charge is 2.20. The molecular weight excluding hydrogens is 281 g/mol. The molecule has 0 saturated carbocycles. The molecule has 0 bridgehead atoms. The molecule has 0 aromatic heterocycles. The van der Waals surface area contributed by atoms with E-state index in [4.69, 9.17) is 11.6 Å². The number of carbonyl (C=O) groups is 1. The molecule has 0 atom stereocenters. The summed E-state index contributed by atoms with van der Waals surface area (Å²) < 4.78 is 13.1. The number of urea groups is 1. The van der Waals surface area contributed by atoms with E-state index in [9.17, 15) is 9.18 Å². The second kappa shape index (κ2) is 6.72. The minimum absolute atomic E-state index is 0.254. The number of halogens is 2. The van der Waals surface area contributed by atoms with Crippen LogP contribution in [0.15, 0.2) is 30.9 Å². The van der Waals surface area contributed by atoms with E-state index in [1.54, 1.807) is 4.90 Å². The van der Waals surface area contributed by atoms with Gasteiger partial charge in [0.05, 0.1) is 10.7 Å². The van der Waals surface area contributed by atoms with Crippen molar-refractivity contribution >= 4 is 23.3 Å². The topological polar surface area (TPSA) is 35.6 Å². The summed E-state index contributed by atoms with van der Waals surface area (Å²) in [7, 11) is 0. The van der Waals surface area contributed by atoms with Crippen LogP contribution in [0.25, 0.3) is 0 Å². The maximum absolute atomic E-state index is 13.1. The molecule has 0 spiro atoms. The van der Waals surface area contributed by atoms with Crippen LogP contribution in [-0.4, -0.2) is 48.6 Å². The van der Waals surface area contributed by atoms with E-state index in [1.165, 1.54) is 18.2 Å². The first-order chi connectivity index (χ1) is 9.60. The zero-order valence-electron chi connectivity index (χ0n) is 11.1. The Hall–Kier alpha value is -1.59. The fraction of sp³-hybridized carbons (Fsp3) is 0.357. The van der Waals surface area contributed by atoms with Crippen molar-refractivity contribution in [1.82, 2.24) is 9.80 Å². The monoisotopic (exact) mass is 297 g/mol. The SMILES string of the molecule is C=CCN1CCN(C(=O)Nc2cc(F)ccc2Cl)CC1. The molecule has 1 N–H and O–H groups in total. The molecule has 108 valence electrons. The largest absolute Gasteiger partial charge is 0.322 e. The van der Waals surface area contributed by atoms with Crippen molar-refractivity contribution in [1.29, 1.82) is 0 Å². The zero-order chi connectivity index (χ0) is 14.5. The van der Waals surface area contributed by atoms with Crippen LogP contribution in [0.1, 0.15) is 0 Å². The van der Waals surface area contributed by atoms with Gasteiger partial charge in [-0.15, -0.1) is 6.58 Å². The summed E-state index contributed by atoms with van der Waals surface area (Å²) in [6, 6.07) is 3.64. The first-order valence-corrected chi connectivity index (χ1v) is 6.82. The van der Waals surface area contributed by atoms with Crippen molar-refractivity contribution < 1.29 is 9.18 Å². The van der Waals surface area contributed by atoms with Crippen LogP contribution in [0.5, 0.6) is 0 Å². The third-order valence-electron chi connectivity index (χ3n) is 3.22. The summed E-state index contributed by atoms with van der Waals surface area (Å²) in [6.45, 7) is 7.39. The quantitative estimate of drug-likeness (QED) is 0.871. The average molecular weight is 298 g/mol. The molecule has 1 aromatic carbocycles. The standard InChI is InChI=1S/C14H17ClFN3O/c1-2-5-18-6-8-19(9-7-18)14(20)17-13-10-11(16)3-4-12(13)15/h2-4,10H,1,5-9H2,(H,17,20). The van der Waals surface area contributed by atoms with Crippen LogP contribution < -0.4 is 5.32 Å². The van der Waals surface area contributed by atoms with Gasteiger partial charge in [-0.2, -0.15) is 0 Å². The fourth-order valence-corrected chi connectivity index (χ4v) is 2.27. The molecule has 4 nitrogen and oxygen atoms in total. The molecule has 1 heterocycles. The predicted molar refractivity (Wildman–Crippen MR) is 78.6 cm³/mol. The Kier molecular flexibility index (Phi) is 4.98. The van der Waals surface area contributed by atoms with E-state index >= 15 is 0 Å². The normalized spacial score (nSPS) is 16.0. The molecule has 2 amide bonds. The van der Waals surface area contributed by atoms with Crippen LogP contribution >= 0.6 is 11.6 Å². The third kappa shape index (κ3) is 3.71. The lowest BCUT2D eigenvalue weighted by atomic mass is 10.3. The summed E-state index contributed by atoms with van der Waals surface area (Å²) in [5.74, 6) is -0.430. The first-order valence-electron chi connectivity index (χ1n) is 6.44. The Labute approximate surface area is 122 Å². The summed E-state index contributed by atoms with van der Waals surface area (Å²) in [5.41, 5.74) is 0.296. The van der Waals surface area contributed by atoms with Crippen LogP contribution in [0.3, 0.4) is 0 Å². The van der Waals surface area contributed by atoms with Gasteiger partial charge in [-0.3, -0.25) is 4.90 Å². The number of carbonyl (C=O) groups excluding carboxylic acids is 1. The van der Waals surface area contributed by atoms with Crippen LogP contribution in [0.2, 0.25) is 5.02 Å². The molecule has 1 saturated heterocycles. The Morgan fingerprint density at radius 3 is 2.75 bits per heavy atom. The molecule has 0 radical (unpaired) electrons. The van der Waals surface area contributed by atoms with Crippen molar-refractivity contribution in [2.24, 2.45) is 0 Å². The number of rotatable bonds is 3. The number of hydrogen-bond donors (Lipinski definition) is 1. The Morgan fingerprint density at radius 2 is 2.10 bits per heavy atom. The third-order valence-corrected chi connectivity index (χ3v) is 3.55. The molecule has 0 aliphatic carbocycles. The smallest absolute Gasteiger partial charge is 0.321 e. The van der Waals surface area contributed by atoms with Gasteiger partial charge >= 0.3 is 6.03 Å². The summed E-state index contributed by atoms with van der Waals surface area (Å²) in [5, 5.41) is 2.97. The van der Waals surface area contributed by atoms with Crippen molar-refractivity contribution in [3.63, 3.8) is 0 Å². The van der Waals surface area contributed by atoms with Gasteiger partial charge in [-0.1, -0.05) is 17.7 Å². The minimum atomic E-state index is -0.430. The molecular formula is C14H17ClFN3O. The highest BCUT2D eigenvalue weighted by molar-refractivity contribution is 6.33.